The van der Waals surface area contributed by atoms with Gasteiger partial charge >= 0.3 is 0 Å². The van der Waals surface area contributed by atoms with Gasteiger partial charge < -0.3 is 24.4 Å². The molecule has 1 aromatic carbocycles. The highest BCUT2D eigenvalue weighted by atomic mass is 16.5. The van der Waals surface area contributed by atoms with Gasteiger partial charge in [-0.25, -0.2) is 0 Å². The van der Waals surface area contributed by atoms with E-state index in [1.165, 1.54) is 11.1 Å². The van der Waals surface area contributed by atoms with Crippen molar-refractivity contribution < 1.29 is 14.2 Å². The van der Waals surface area contributed by atoms with Crippen molar-refractivity contribution in [3.63, 3.8) is 0 Å². The summed E-state index contributed by atoms with van der Waals surface area (Å²) >= 11 is 0. The van der Waals surface area contributed by atoms with Gasteiger partial charge in [-0.1, -0.05) is 17.7 Å². The second-order valence-corrected chi connectivity index (χ2v) is 7.20. The first kappa shape index (κ1) is 22.5. The van der Waals surface area contributed by atoms with E-state index in [0.717, 1.165) is 76.8 Å². The molecule has 0 bridgehead atoms. The monoisotopic (exact) mass is 391 g/mol. The lowest BCUT2D eigenvalue weighted by Crippen LogP contribution is -2.47. The Bertz CT molecular complexity index is 599. The van der Waals surface area contributed by atoms with Crippen molar-refractivity contribution in [2.24, 2.45) is 4.99 Å². The number of nitrogens with one attached hydrogen (secondary N) is 1. The minimum absolute atomic E-state index is 0.354. The second-order valence-electron chi connectivity index (χ2n) is 7.20. The van der Waals surface area contributed by atoms with Crippen molar-refractivity contribution in [3.8, 4) is 5.75 Å². The molecule has 0 radical (unpaired) electrons. The predicted molar refractivity (Wildman–Crippen MR) is 114 cm³/mol. The van der Waals surface area contributed by atoms with Crippen LogP contribution in [0.4, 0.5) is 0 Å². The van der Waals surface area contributed by atoms with Crippen LogP contribution in [0.2, 0.25) is 0 Å². The summed E-state index contributed by atoms with van der Waals surface area (Å²) in [5.74, 6) is 1.95. The van der Waals surface area contributed by atoms with E-state index in [1.54, 1.807) is 14.2 Å². The minimum atomic E-state index is 0.354. The van der Waals surface area contributed by atoms with Crippen molar-refractivity contribution >= 4 is 5.96 Å². The summed E-state index contributed by atoms with van der Waals surface area (Å²) in [6, 6.07) is 6.31. The molecule has 0 unspecified atom stereocenters. The van der Waals surface area contributed by atoms with Gasteiger partial charge in [-0.05, 0) is 51.2 Å². The van der Waals surface area contributed by atoms with Gasteiger partial charge in [-0.2, -0.15) is 0 Å². The molecule has 1 aromatic rings. The highest BCUT2D eigenvalue weighted by Gasteiger charge is 2.21. The summed E-state index contributed by atoms with van der Waals surface area (Å²) in [4.78, 5) is 7.22. The number of aryl methyl sites for hydroxylation is 1. The number of likely N-dealkylation sites (tertiary alicyclic amines) is 1. The fraction of sp³-hybridized carbons (Fsp3) is 0.682. The number of ether oxygens (including phenoxy) is 3. The van der Waals surface area contributed by atoms with Crippen LogP contribution in [0.3, 0.4) is 0 Å². The molecule has 1 aliphatic rings. The number of benzene rings is 1. The fourth-order valence-electron chi connectivity index (χ4n) is 3.50. The number of guanidine groups is 1. The Balaban J connectivity index is 1.85. The minimum Gasteiger partial charge on any atom is -0.496 e. The third-order valence-electron chi connectivity index (χ3n) is 5.00. The molecule has 2 rings (SSSR count). The lowest BCUT2D eigenvalue weighted by Gasteiger charge is -2.34. The summed E-state index contributed by atoms with van der Waals surface area (Å²) in [6.07, 6.45) is 4.28. The zero-order valence-electron chi connectivity index (χ0n) is 18.0. The topological polar surface area (TPSA) is 55.3 Å². The van der Waals surface area contributed by atoms with Crippen molar-refractivity contribution in [2.45, 2.75) is 45.6 Å². The van der Waals surface area contributed by atoms with E-state index < -0.39 is 0 Å². The zero-order chi connectivity index (χ0) is 20.2. The average Bonchev–Trinajstić information content (AvgIpc) is 2.71. The molecule has 0 aliphatic carbocycles. The molecule has 158 valence electrons. The van der Waals surface area contributed by atoms with Crippen LogP contribution in [0.1, 0.15) is 37.3 Å². The third-order valence-corrected chi connectivity index (χ3v) is 5.00. The summed E-state index contributed by atoms with van der Waals surface area (Å²) in [5.41, 5.74) is 2.46. The first-order valence-electron chi connectivity index (χ1n) is 10.4. The lowest BCUT2D eigenvalue weighted by molar-refractivity contribution is 0.00991. The van der Waals surface area contributed by atoms with Crippen molar-refractivity contribution in [3.05, 3.63) is 29.3 Å². The Labute approximate surface area is 170 Å². The summed E-state index contributed by atoms with van der Waals surface area (Å²) in [6.45, 7) is 9.36. The largest absolute Gasteiger partial charge is 0.496 e. The van der Waals surface area contributed by atoms with Crippen molar-refractivity contribution in [1.82, 2.24) is 10.2 Å². The first-order valence-corrected chi connectivity index (χ1v) is 10.4. The normalized spacial score (nSPS) is 15.7. The number of hydrogen-bond acceptors (Lipinski definition) is 4. The van der Waals surface area contributed by atoms with Crippen LogP contribution in [0, 0.1) is 6.92 Å². The molecular formula is C22H37N3O3. The first-order chi connectivity index (χ1) is 13.7. The average molecular weight is 392 g/mol. The molecule has 0 atom stereocenters. The number of methoxy groups -OCH3 is 2. The van der Waals surface area contributed by atoms with Crippen LogP contribution >= 0.6 is 0 Å². The highest BCUT2D eigenvalue weighted by Crippen LogP contribution is 2.20. The Kier molecular flexibility index (Phi) is 10.1. The molecule has 0 saturated carbocycles. The molecular weight excluding hydrogens is 354 g/mol. The van der Waals surface area contributed by atoms with Gasteiger partial charge in [0.15, 0.2) is 5.96 Å². The summed E-state index contributed by atoms with van der Waals surface area (Å²) in [7, 11) is 3.46. The van der Waals surface area contributed by atoms with Crippen LogP contribution in [-0.4, -0.2) is 70.6 Å². The Hall–Kier alpha value is -1.79. The molecule has 0 spiro atoms. The van der Waals surface area contributed by atoms with E-state index in [2.05, 4.69) is 36.2 Å². The summed E-state index contributed by atoms with van der Waals surface area (Å²) < 4.78 is 16.5. The molecule has 0 aromatic heterocycles. The number of nitrogens with zero attached hydrogens (tertiary/aromatic N) is 2. The molecule has 28 heavy (non-hydrogen) atoms. The zero-order valence-corrected chi connectivity index (χ0v) is 18.0. The predicted octanol–water partition coefficient (Wildman–Crippen LogP) is 3.03. The number of hydrogen-bond donors (Lipinski definition) is 1. The Morgan fingerprint density at radius 3 is 2.68 bits per heavy atom. The smallest absolute Gasteiger partial charge is 0.193 e. The van der Waals surface area contributed by atoms with E-state index in [0.29, 0.717) is 6.10 Å². The Morgan fingerprint density at radius 2 is 2.00 bits per heavy atom. The lowest BCUT2D eigenvalue weighted by atomic mass is 10.1. The highest BCUT2D eigenvalue weighted by molar-refractivity contribution is 5.80. The van der Waals surface area contributed by atoms with Crippen LogP contribution in [0.25, 0.3) is 0 Å². The third kappa shape index (κ3) is 7.32. The quantitative estimate of drug-likeness (QED) is 0.377. The SMILES string of the molecule is CCNC(=NCCc1cc(C)ccc1OC)N1CCC(OCCCOC)CC1. The summed E-state index contributed by atoms with van der Waals surface area (Å²) in [5, 5.41) is 3.44. The maximum Gasteiger partial charge on any atom is 0.193 e. The van der Waals surface area contributed by atoms with Crippen molar-refractivity contribution in [2.75, 3.05) is 53.6 Å². The number of rotatable bonds is 10. The van der Waals surface area contributed by atoms with E-state index >= 15 is 0 Å². The van der Waals surface area contributed by atoms with Gasteiger partial charge in [0.2, 0.25) is 0 Å². The van der Waals surface area contributed by atoms with Crippen LogP contribution < -0.4 is 10.1 Å². The van der Waals surface area contributed by atoms with Crippen LogP contribution in [0.15, 0.2) is 23.2 Å². The van der Waals surface area contributed by atoms with Gasteiger partial charge in [-0.15, -0.1) is 0 Å². The standard InChI is InChI=1S/C22H37N3O3/c1-5-23-22(24-12-9-19-17-18(2)7-8-21(19)27-4)25-13-10-20(11-14-25)28-16-6-15-26-3/h7-8,17,20H,5-6,9-16H2,1-4H3,(H,23,24). The molecule has 1 fully saturated rings. The molecule has 6 nitrogen and oxygen atoms in total. The second kappa shape index (κ2) is 12.6. The number of piperidine rings is 1. The van der Waals surface area contributed by atoms with Gasteiger partial charge in [0.25, 0.3) is 0 Å². The van der Waals surface area contributed by atoms with E-state index in [4.69, 9.17) is 19.2 Å². The van der Waals surface area contributed by atoms with Gasteiger partial charge in [0.1, 0.15) is 5.75 Å². The van der Waals surface area contributed by atoms with Crippen molar-refractivity contribution in [1.29, 1.82) is 0 Å². The van der Waals surface area contributed by atoms with Gasteiger partial charge in [-0.3, -0.25) is 4.99 Å². The fourth-order valence-corrected chi connectivity index (χ4v) is 3.50. The molecule has 6 heteroatoms. The van der Waals surface area contributed by atoms with Gasteiger partial charge in [0.05, 0.1) is 13.2 Å². The van der Waals surface area contributed by atoms with Gasteiger partial charge in [0, 0.05) is 46.5 Å². The maximum absolute atomic E-state index is 5.97. The van der Waals surface area contributed by atoms with E-state index in [1.807, 2.05) is 6.07 Å². The molecule has 1 heterocycles. The molecule has 1 saturated heterocycles. The Morgan fingerprint density at radius 1 is 1.21 bits per heavy atom. The molecule has 0 amide bonds. The van der Waals surface area contributed by atoms with E-state index in [9.17, 15) is 0 Å². The molecule has 1 N–H and O–H groups in total. The number of aliphatic imine (C=N–C) groups is 1. The van der Waals surface area contributed by atoms with Crippen LogP contribution in [0.5, 0.6) is 5.75 Å². The van der Waals surface area contributed by atoms with E-state index in [-0.39, 0.29) is 0 Å². The maximum atomic E-state index is 5.97. The van der Waals surface area contributed by atoms with Crippen LogP contribution in [-0.2, 0) is 15.9 Å². The molecule has 1 aliphatic heterocycles.